The van der Waals surface area contributed by atoms with Gasteiger partial charge in [-0.25, -0.2) is 27.6 Å². The lowest BCUT2D eigenvalue weighted by Gasteiger charge is -2.56. The maximum atomic E-state index is 14.5. The Balaban J connectivity index is 1.05. The third-order valence-corrected chi connectivity index (χ3v) is 11.3. The number of fused-ring (bicyclic) bond motifs is 4. The van der Waals surface area contributed by atoms with Crippen LogP contribution in [0, 0.1) is 29.1 Å². The number of methoxy groups -OCH3 is 3. The summed E-state index contributed by atoms with van der Waals surface area (Å²) in [6, 6.07) is 13.0. The van der Waals surface area contributed by atoms with Gasteiger partial charge in [-0.15, -0.1) is 0 Å². The van der Waals surface area contributed by atoms with Gasteiger partial charge in [0, 0.05) is 33.7 Å². The summed E-state index contributed by atoms with van der Waals surface area (Å²) in [6.07, 6.45) is -10.6. The second kappa shape index (κ2) is 16.8. The molecule has 1 N–H and O–H groups in total. The summed E-state index contributed by atoms with van der Waals surface area (Å²) in [5.74, 6) is -19.1. The first-order valence-electron chi connectivity index (χ1n) is 18.6. The van der Waals surface area contributed by atoms with E-state index in [4.69, 9.17) is 42.6 Å². The van der Waals surface area contributed by atoms with Crippen molar-refractivity contribution in [1.82, 2.24) is 4.90 Å². The van der Waals surface area contributed by atoms with Crippen LogP contribution < -0.4 is 4.74 Å². The molecule has 7 rings (SSSR count). The minimum Gasteiger partial charge on any atom is -0.448 e. The molecular formula is C40H40F5NO14. The highest BCUT2D eigenvalue weighted by molar-refractivity contribution is 5.84. The minimum atomic E-state index is -2.48. The van der Waals surface area contributed by atoms with Gasteiger partial charge in [-0.3, -0.25) is 4.90 Å². The van der Waals surface area contributed by atoms with E-state index in [1.165, 1.54) is 28.3 Å². The number of rotatable bonds is 10. The van der Waals surface area contributed by atoms with Gasteiger partial charge in [0.25, 0.3) is 0 Å². The van der Waals surface area contributed by atoms with Gasteiger partial charge >= 0.3 is 18.2 Å². The first-order chi connectivity index (χ1) is 28.6. The van der Waals surface area contributed by atoms with Crippen LogP contribution in [0.15, 0.2) is 48.5 Å². The zero-order chi connectivity index (χ0) is 43.3. The summed E-state index contributed by atoms with van der Waals surface area (Å²) in [4.78, 5) is 40.9. The normalized spacial score (nSPS) is 29.6. The molecule has 3 fully saturated rings. The Morgan fingerprint density at radius 3 is 1.90 bits per heavy atom. The second-order valence-electron chi connectivity index (χ2n) is 14.6. The van der Waals surface area contributed by atoms with Crippen LogP contribution in [0.1, 0.15) is 37.3 Å². The van der Waals surface area contributed by atoms with E-state index in [1.54, 1.807) is 6.92 Å². The number of amides is 1. The van der Waals surface area contributed by atoms with Crippen molar-refractivity contribution < 1.29 is 88.8 Å². The molecule has 0 radical (unpaired) electrons. The fraction of sp³-hybridized carbons (Fsp3) is 0.475. The van der Waals surface area contributed by atoms with Crippen LogP contribution in [0.3, 0.4) is 0 Å². The van der Waals surface area contributed by atoms with Crippen molar-refractivity contribution in [2.75, 3.05) is 41.1 Å². The van der Waals surface area contributed by atoms with E-state index in [0.29, 0.717) is 0 Å². The van der Waals surface area contributed by atoms with Crippen LogP contribution in [0.4, 0.5) is 31.5 Å². The van der Waals surface area contributed by atoms with Gasteiger partial charge in [0.1, 0.15) is 49.8 Å². The number of benzene rings is 3. The number of likely N-dealkylation sites (tertiary alicyclic amines) is 1. The fourth-order valence-electron chi connectivity index (χ4n) is 7.83. The average molecular weight is 854 g/mol. The number of hydrogen-bond donors (Lipinski definition) is 1. The number of aliphatic hydroxyl groups excluding tert-OH is 1. The Kier molecular flexibility index (Phi) is 12.1. The fourth-order valence-corrected chi connectivity index (χ4v) is 7.83. The third-order valence-electron chi connectivity index (χ3n) is 11.3. The molecule has 3 heterocycles. The maximum Gasteiger partial charge on any atom is 0.508 e. The number of halogens is 5. The number of carbonyl (C=O) groups is 3. The molecule has 60 heavy (non-hydrogen) atoms. The highest BCUT2D eigenvalue weighted by Gasteiger charge is 2.62. The molecule has 3 aromatic rings. The monoisotopic (exact) mass is 853 g/mol. The molecule has 3 saturated heterocycles. The number of esters is 1. The lowest BCUT2D eigenvalue weighted by molar-refractivity contribution is -0.483. The summed E-state index contributed by atoms with van der Waals surface area (Å²) in [7, 11) is 4.02. The molecule has 0 spiro atoms. The number of carbonyl (C=O) groups excluding carboxylic acids is 3. The van der Waals surface area contributed by atoms with Crippen molar-refractivity contribution in [1.29, 1.82) is 0 Å². The number of aliphatic hydroxyl groups is 1. The van der Waals surface area contributed by atoms with Gasteiger partial charge in [0.15, 0.2) is 6.29 Å². The molecule has 3 aliphatic heterocycles. The largest absolute Gasteiger partial charge is 0.508 e. The lowest BCUT2D eigenvalue weighted by atomic mass is 9.94. The zero-order valence-electron chi connectivity index (χ0n) is 32.7. The van der Waals surface area contributed by atoms with Crippen molar-refractivity contribution >= 4 is 18.2 Å². The highest BCUT2D eigenvalue weighted by Crippen LogP contribution is 2.46. The number of hydrogen-bond acceptors (Lipinski definition) is 14. The molecule has 3 aromatic carbocycles. The molecule has 4 aliphatic rings. The van der Waals surface area contributed by atoms with Gasteiger partial charge in [0.2, 0.25) is 46.4 Å². The Morgan fingerprint density at radius 2 is 1.33 bits per heavy atom. The van der Waals surface area contributed by atoms with E-state index in [-0.39, 0.29) is 6.61 Å². The maximum absolute atomic E-state index is 14.5. The molecular weight excluding hydrogens is 813 g/mol. The van der Waals surface area contributed by atoms with Crippen molar-refractivity contribution in [2.45, 2.75) is 80.6 Å². The van der Waals surface area contributed by atoms with Gasteiger partial charge < -0.3 is 52.5 Å². The highest BCUT2D eigenvalue weighted by atomic mass is 19.2. The van der Waals surface area contributed by atoms with Crippen LogP contribution in [0.25, 0.3) is 11.1 Å². The Labute approximate surface area is 339 Å². The quantitative estimate of drug-likeness (QED) is 0.0944. The zero-order valence-corrected chi connectivity index (χ0v) is 32.7. The average Bonchev–Trinajstić information content (AvgIpc) is 3.82. The molecule has 20 heteroatoms. The van der Waals surface area contributed by atoms with Crippen LogP contribution in [0.2, 0.25) is 0 Å². The van der Waals surface area contributed by atoms with E-state index in [1.807, 2.05) is 48.5 Å². The van der Waals surface area contributed by atoms with Gasteiger partial charge in [-0.2, -0.15) is 8.78 Å². The molecule has 1 aliphatic carbocycles. The molecule has 15 nitrogen and oxygen atoms in total. The molecule has 0 saturated carbocycles. The summed E-state index contributed by atoms with van der Waals surface area (Å²) < 4.78 is 126. The van der Waals surface area contributed by atoms with E-state index >= 15 is 0 Å². The smallest absolute Gasteiger partial charge is 0.448 e. The van der Waals surface area contributed by atoms with E-state index in [0.717, 1.165) is 27.2 Å². The topological polar surface area (TPSA) is 167 Å². The Morgan fingerprint density at radius 1 is 0.783 bits per heavy atom. The summed E-state index contributed by atoms with van der Waals surface area (Å²) >= 11 is 0. The van der Waals surface area contributed by atoms with Crippen molar-refractivity contribution in [3.63, 3.8) is 0 Å². The summed E-state index contributed by atoms with van der Waals surface area (Å²) in [5, 5.41) is 11.2. The van der Waals surface area contributed by atoms with Crippen LogP contribution >= 0.6 is 0 Å². The predicted molar refractivity (Wildman–Crippen MR) is 191 cm³/mol. The molecule has 324 valence electrons. The van der Waals surface area contributed by atoms with E-state index in [9.17, 15) is 41.4 Å². The lowest BCUT2D eigenvalue weighted by Crippen LogP contribution is -2.73. The SMILES string of the molecule is CO[C@H]1O[C@H](COC(=O)O[C@@H]2C[C@@H](C(=O)Oc3c(F)c(F)c(F)c(F)c3F)N(C(=O)OCC3c4ccccc4-c4ccccc43)C2)[C@H](O)[C@@H]2O[C@@](C)(OC)[C@](C)(OC)O[C@@H]12. The van der Waals surface area contributed by atoms with Gasteiger partial charge in [0.05, 0.1) is 6.54 Å². The predicted octanol–water partition coefficient (Wildman–Crippen LogP) is 5.07. The third kappa shape index (κ3) is 7.54. The van der Waals surface area contributed by atoms with Crippen molar-refractivity contribution in [2.24, 2.45) is 0 Å². The molecule has 0 bridgehead atoms. The first-order valence-corrected chi connectivity index (χ1v) is 18.6. The van der Waals surface area contributed by atoms with E-state index < -0.39 is 133 Å². The van der Waals surface area contributed by atoms with Crippen molar-refractivity contribution in [3.05, 3.63) is 88.7 Å². The molecule has 0 unspecified atom stereocenters. The van der Waals surface area contributed by atoms with Crippen LogP contribution in [-0.2, 0) is 47.4 Å². The van der Waals surface area contributed by atoms with E-state index in [2.05, 4.69) is 4.74 Å². The summed E-state index contributed by atoms with van der Waals surface area (Å²) in [6.45, 7) is 1.62. The minimum absolute atomic E-state index is 0.243. The number of nitrogens with zero attached hydrogens (tertiary/aromatic N) is 1. The molecule has 9 atom stereocenters. The summed E-state index contributed by atoms with van der Waals surface area (Å²) in [5.41, 5.74) is 3.53. The van der Waals surface area contributed by atoms with Crippen molar-refractivity contribution in [3.8, 4) is 16.9 Å². The Hall–Kier alpha value is -4.96. The standard InChI is InChI=1S/C40H40F5NO14/c1-39(52-4)40(2,53-5)60-34-33(59-39)31(47)25(57-36(34)51-3)17-55-38(50)56-18-14-24(35(48)58-32-29(44)27(42)26(41)28(43)30(32)45)46(15-18)37(49)54-16-23-21-12-8-6-10-19(21)20-11-7-9-13-22(20)23/h6-13,18,23-25,31,33-34,36,47H,14-17H2,1-5H3/t18-,24+,25-,31+,33+,34-,36+,39-,40-/m1/s1. The molecule has 0 aromatic heterocycles. The van der Waals surface area contributed by atoms with Gasteiger partial charge in [-0.05, 0) is 36.1 Å². The van der Waals surface area contributed by atoms with Gasteiger partial charge in [-0.1, -0.05) is 48.5 Å². The second-order valence-corrected chi connectivity index (χ2v) is 14.6. The molecule has 1 amide bonds. The van der Waals surface area contributed by atoms with Crippen LogP contribution in [-0.4, -0.2) is 124 Å². The first kappa shape index (κ1) is 43.1. The number of ether oxygens (including phenoxy) is 10. The van der Waals surface area contributed by atoms with Crippen LogP contribution in [0.5, 0.6) is 5.75 Å². The Bertz CT molecular complexity index is 2070.